The summed E-state index contributed by atoms with van der Waals surface area (Å²) >= 11 is 0. The van der Waals surface area contributed by atoms with Crippen molar-refractivity contribution in [1.82, 2.24) is 0 Å². The quantitative estimate of drug-likeness (QED) is 0.590. The Bertz CT molecular complexity index is 964. The minimum Gasteiger partial charge on any atom is -0.457 e. The van der Waals surface area contributed by atoms with Gasteiger partial charge in [0.2, 0.25) is 5.78 Å². The maximum Gasteiger partial charge on any atom is 0.306 e. The first-order chi connectivity index (χ1) is 16.0. The Morgan fingerprint density at radius 1 is 1.12 bits per heavy atom. The van der Waals surface area contributed by atoms with Crippen molar-refractivity contribution < 1.29 is 33.8 Å². The van der Waals surface area contributed by atoms with Crippen LogP contribution >= 0.6 is 0 Å². The van der Waals surface area contributed by atoms with Crippen LogP contribution in [-0.2, 0) is 28.7 Å². The second-order valence-corrected chi connectivity index (χ2v) is 10.8. The summed E-state index contributed by atoms with van der Waals surface area (Å²) in [5.74, 6) is -1.28. The number of aliphatic hydroxyl groups excluding tert-OH is 1. The van der Waals surface area contributed by atoms with Gasteiger partial charge in [0, 0.05) is 29.6 Å². The summed E-state index contributed by atoms with van der Waals surface area (Å²) in [6, 6.07) is 0. The van der Waals surface area contributed by atoms with E-state index in [0.29, 0.717) is 19.3 Å². The number of hydrogen-bond donors (Lipinski definition) is 1. The molecule has 34 heavy (non-hydrogen) atoms. The van der Waals surface area contributed by atoms with Crippen LogP contribution in [0.25, 0.3) is 0 Å². The summed E-state index contributed by atoms with van der Waals surface area (Å²) < 4.78 is 11.1. The smallest absolute Gasteiger partial charge is 0.306 e. The van der Waals surface area contributed by atoms with E-state index in [1.165, 1.54) is 0 Å². The lowest BCUT2D eigenvalue weighted by molar-refractivity contribution is -0.201. The number of carbonyl (C=O) groups excluding carboxylic acids is 4. The number of Topliss-reactive ketones (excluding diaryl/α,β-unsaturated/α-hetero) is 1. The maximum atomic E-state index is 13.6. The minimum absolute atomic E-state index is 0.0142. The fourth-order valence-electron chi connectivity index (χ4n) is 7.63. The van der Waals surface area contributed by atoms with Crippen LogP contribution in [0, 0.1) is 28.6 Å². The number of rotatable bonds is 6. The van der Waals surface area contributed by atoms with Crippen LogP contribution in [0.2, 0.25) is 0 Å². The van der Waals surface area contributed by atoms with E-state index >= 15 is 0 Å². The minimum atomic E-state index is -1.43. The Morgan fingerprint density at radius 3 is 2.50 bits per heavy atom. The predicted octanol–water partition coefficient (Wildman–Crippen LogP) is 3.48. The van der Waals surface area contributed by atoms with E-state index in [-0.39, 0.29) is 36.4 Å². The number of ketones is 2. The van der Waals surface area contributed by atoms with Gasteiger partial charge in [-0.2, -0.15) is 0 Å². The van der Waals surface area contributed by atoms with Gasteiger partial charge in [0.25, 0.3) is 0 Å². The van der Waals surface area contributed by atoms with Gasteiger partial charge in [-0.3, -0.25) is 19.2 Å². The molecule has 0 aliphatic heterocycles. The van der Waals surface area contributed by atoms with Crippen LogP contribution in [0.5, 0.6) is 0 Å². The number of fused-ring (bicyclic) bond motifs is 5. The molecule has 4 aliphatic carbocycles. The highest BCUT2D eigenvalue weighted by Crippen LogP contribution is 2.67. The van der Waals surface area contributed by atoms with Crippen molar-refractivity contribution in [1.29, 1.82) is 0 Å². The van der Waals surface area contributed by atoms with Crippen LogP contribution < -0.4 is 0 Å². The van der Waals surface area contributed by atoms with Crippen molar-refractivity contribution >= 4 is 23.5 Å². The van der Waals surface area contributed by atoms with E-state index in [0.717, 1.165) is 18.4 Å². The zero-order valence-electron chi connectivity index (χ0n) is 20.6. The summed E-state index contributed by atoms with van der Waals surface area (Å²) in [7, 11) is 0. The molecule has 1 N–H and O–H groups in total. The summed E-state index contributed by atoms with van der Waals surface area (Å²) in [5.41, 5.74) is -1.56. The number of esters is 2. The molecule has 0 heterocycles. The molecule has 3 fully saturated rings. The monoisotopic (exact) mass is 472 g/mol. The molecule has 4 aliphatic rings. The molecule has 0 aromatic carbocycles. The van der Waals surface area contributed by atoms with Crippen LogP contribution in [0.4, 0.5) is 0 Å². The molecule has 186 valence electrons. The van der Waals surface area contributed by atoms with Gasteiger partial charge in [0.05, 0.1) is 6.10 Å². The van der Waals surface area contributed by atoms with Gasteiger partial charge in [-0.05, 0) is 56.1 Å². The average molecular weight is 473 g/mol. The average Bonchev–Trinajstić information content (AvgIpc) is 3.09. The van der Waals surface area contributed by atoms with Gasteiger partial charge in [-0.15, -0.1) is 0 Å². The van der Waals surface area contributed by atoms with Crippen LogP contribution in [-0.4, -0.2) is 46.9 Å². The van der Waals surface area contributed by atoms with Gasteiger partial charge in [0.1, 0.15) is 0 Å². The zero-order valence-corrected chi connectivity index (χ0v) is 20.6. The number of hydrogen-bond acceptors (Lipinski definition) is 7. The van der Waals surface area contributed by atoms with E-state index in [1.54, 1.807) is 26.0 Å². The molecular formula is C27H36O7. The third kappa shape index (κ3) is 3.58. The summed E-state index contributed by atoms with van der Waals surface area (Å²) in [5, 5.41) is 11.6. The molecule has 0 aromatic heterocycles. The topological polar surface area (TPSA) is 107 Å². The second kappa shape index (κ2) is 8.74. The molecule has 0 amide bonds. The van der Waals surface area contributed by atoms with E-state index < -0.39 is 46.9 Å². The van der Waals surface area contributed by atoms with Crippen molar-refractivity contribution in [2.24, 2.45) is 28.6 Å². The molecule has 0 aromatic rings. The summed E-state index contributed by atoms with van der Waals surface area (Å²) in [4.78, 5) is 49.9. The summed E-state index contributed by atoms with van der Waals surface area (Å²) in [6.45, 7) is 6.96. The third-order valence-electron chi connectivity index (χ3n) is 9.30. The normalized spacial score (nSPS) is 40.5. The number of ether oxygens (including phenoxy) is 2. The van der Waals surface area contributed by atoms with E-state index in [2.05, 4.69) is 6.92 Å². The van der Waals surface area contributed by atoms with Crippen LogP contribution in [0.3, 0.4) is 0 Å². The third-order valence-corrected chi connectivity index (χ3v) is 9.30. The highest BCUT2D eigenvalue weighted by molar-refractivity contribution is 6.01. The molecule has 7 nitrogen and oxygen atoms in total. The highest BCUT2D eigenvalue weighted by Gasteiger charge is 2.70. The van der Waals surface area contributed by atoms with Gasteiger partial charge in [0.15, 0.2) is 18.0 Å². The molecule has 4 rings (SSSR count). The van der Waals surface area contributed by atoms with Gasteiger partial charge in [-0.25, -0.2) is 0 Å². The molecule has 0 spiro atoms. The lowest BCUT2D eigenvalue weighted by Gasteiger charge is -2.59. The Hall–Kier alpha value is -2.28. The van der Waals surface area contributed by atoms with E-state index in [4.69, 9.17) is 9.47 Å². The number of allylic oxidation sites excluding steroid dienone is 4. The second-order valence-electron chi connectivity index (χ2n) is 10.8. The molecular weight excluding hydrogens is 436 g/mol. The molecule has 0 saturated heterocycles. The molecule has 0 bridgehead atoms. The lowest BCUT2D eigenvalue weighted by atomic mass is 9.46. The largest absolute Gasteiger partial charge is 0.457 e. The summed E-state index contributed by atoms with van der Waals surface area (Å²) in [6.07, 6.45) is 7.71. The number of carbonyl (C=O) groups is 4. The van der Waals surface area contributed by atoms with Crippen molar-refractivity contribution in [3.05, 3.63) is 23.8 Å². The van der Waals surface area contributed by atoms with Crippen molar-refractivity contribution in [2.75, 3.05) is 6.61 Å². The van der Waals surface area contributed by atoms with Crippen molar-refractivity contribution in [3.63, 3.8) is 0 Å². The molecule has 3 saturated carbocycles. The Labute approximate surface area is 200 Å². The molecule has 0 radical (unpaired) electrons. The Morgan fingerprint density at radius 2 is 1.82 bits per heavy atom. The van der Waals surface area contributed by atoms with Gasteiger partial charge >= 0.3 is 11.9 Å². The number of aliphatic hydroxyl groups is 1. The SMILES string of the molecule is CCC(=O)OCC(=O)[C@@]1(OC(=O)CC)CCC2C3CCC4=CC(=O)C=CC4(C)C3C(O)CC21C. The van der Waals surface area contributed by atoms with E-state index in [1.807, 2.05) is 13.0 Å². The fourth-order valence-corrected chi connectivity index (χ4v) is 7.63. The van der Waals surface area contributed by atoms with Gasteiger partial charge in [-0.1, -0.05) is 39.3 Å². The first kappa shape index (κ1) is 24.8. The molecule has 7 heteroatoms. The van der Waals surface area contributed by atoms with Crippen LogP contribution in [0.15, 0.2) is 23.8 Å². The first-order valence-electron chi connectivity index (χ1n) is 12.6. The predicted molar refractivity (Wildman–Crippen MR) is 123 cm³/mol. The molecule has 7 atom stereocenters. The van der Waals surface area contributed by atoms with Crippen molar-refractivity contribution in [2.45, 2.75) is 84.3 Å². The Balaban J connectivity index is 1.71. The lowest BCUT2D eigenvalue weighted by Crippen LogP contribution is -2.63. The highest BCUT2D eigenvalue weighted by atomic mass is 16.6. The van der Waals surface area contributed by atoms with E-state index in [9.17, 15) is 24.3 Å². The standard InChI is InChI=1S/C27H36O7/c1-5-22(31)33-15-21(30)27(34-23(32)6-2)12-10-19-18-8-7-16-13-17(28)9-11-25(16,3)24(18)20(29)14-26(19,27)4/h9,11,13,18-20,24,29H,5-8,10,12,14-15H2,1-4H3/t18?,19?,20?,24?,25?,26?,27-/m0/s1. The fraction of sp³-hybridized carbons (Fsp3) is 0.704. The Kier molecular flexibility index (Phi) is 6.38. The van der Waals surface area contributed by atoms with Gasteiger partial charge < -0.3 is 14.6 Å². The van der Waals surface area contributed by atoms with Crippen molar-refractivity contribution in [3.8, 4) is 0 Å². The molecule has 6 unspecified atom stereocenters. The first-order valence-corrected chi connectivity index (χ1v) is 12.6. The maximum absolute atomic E-state index is 13.6. The van der Waals surface area contributed by atoms with Crippen LogP contribution in [0.1, 0.15) is 72.6 Å². The zero-order chi connectivity index (χ0) is 24.9.